The summed E-state index contributed by atoms with van der Waals surface area (Å²) in [5.41, 5.74) is 2.05. The molecule has 0 aliphatic rings. The van der Waals surface area contributed by atoms with E-state index in [1.165, 1.54) is 17.7 Å². The van der Waals surface area contributed by atoms with Gasteiger partial charge in [0.25, 0.3) is 0 Å². The van der Waals surface area contributed by atoms with E-state index in [-0.39, 0.29) is 5.82 Å². The molecule has 0 N–H and O–H groups in total. The Hall–Kier alpha value is -1.06. The van der Waals surface area contributed by atoms with Gasteiger partial charge < -0.3 is 4.74 Å². The van der Waals surface area contributed by atoms with E-state index in [0.29, 0.717) is 10.9 Å². The maximum absolute atomic E-state index is 13.3. The van der Waals surface area contributed by atoms with Crippen LogP contribution in [0.3, 0.4) is 0 Å². The number of hydrogen-bond donors (Lipinski definition) is 0. The molecule has 0 radical (unpaired) electrons. The molecule has 1 atom stereocenters. The van der Waals surface area contributed by atoms with Crippen LogP contribution in [0.5, 0.6) is 5.75 Å². The minimum absolute atomic E-state index is 0.246. The molecule has 2 rings (SSSR count). The van der Waals surface area contributed by atoms with Gasteiger partial charge in [-0.25, -0.2) is 4.39 Å². The maximum Gasteiger partial charge on any atom is 0.123 e. The first kappa shape index (κ1) is 16.3. The number of halogens is 3. The summed E-state index contributed by atoms with van der Waals surface area (Å²) in [4.78, 5) is 0. The molecule has 0 aliphatic heterocycles. The molecule has 112 valence electrons. The SMILES string of the molecule is COc1cccc(CC(CBr)Cc2cc(F)ccc2Cl)c1. The van der Waals surface area contributed by atoms with Crippen LogP contribution in [0.15, 0.2) is 42.5 Å². The smallest absolute Gasteiger partial charge is 0.123 e. The number of methoxy groups -OCH3 is 1. The van der Waals surface area contributed by atoms with E-state index < -0.39 is 0 Å². The molecule has 0 saturated carbocycles. The van der Waals surface area contributed by atoms with E-state index in [2.05, 4.69) is 22.0 Å². The summed E-state index contributed by atoms with van der Waals surface area (Å²) in [7, 11) is 1.66. The van der Waals surface area contributed by atoms with Gasteiger partial charge in [0.05, 0.1) is 7.11 Å². The quantitative estimate of drug-likeness (QED) is 0.627. The van der Waals surface area contributed by atoms with Gasteiger partial charge in [0, 0.05) is 10.4 Å². The molecule has 0 aromatic heterocycles. The molecule has 0 aliphatic carbocycles. The van der Waals surface area contributed by atoms with Gasteiger partial charge in [-0.05, 0) is 60.2 Å². The van der Waals surface area contributed by atoms with E-state index >= 15 is 0 Å². The van der Waals surface area contributed by atoms with Crippen molar-refractivity contribution in [1.29, 1.82) is 0 Å². The molecular formula is C17H17BrClFO. The fourth-order valence-corrected chi connectivity index (χ4v) is 2.98. The number of ether oxygens (including phenoxy) is 1. The predicted octanol–water partition coefficient (Wildman–Crippen LogP) is 5.28. The van der Waals surface area contributed by atoms with Crippen LogP contribution < -0.4 is 4.74 Å². The van der Waals surface area contributed by atoms with Gasteiger partial charge in [-0.3, -0.25) is 0 Å². The van der Waals surface area contributed by atoms with Crippen LogP contribution in [0.1, 0.15) is 11.1 Å². The Morgan fingerprint density at radius 1 is 1.19 bits per heavy atom. The van der Waals surface area contributed by atoms with Crippen molar-refractivity contribution in [3.63, 3.8) is 0 Å². The highest BCUT2D eigenvalue weighted by molar-refractivity contribution is 9.09. The highest BCUT2D eigenvalue weighted by Gasteiger charge is 2.13. The molecule has 2 aromatic carbocycles. The third-order valence-electron chi connectivity index (χ3n) is 3.39. The lowest BCUT2D eigenvalue weighted by molar-refractivity contribution is 0.414. The van der Waals surface area contributed by atoms with Crippen molar-refractivity contribution < 1.29 is 9.13 Å². The topological polar surface area (TPSA) is 9.23 Å². The second-order valence-corrected chi connectivity index (χ2v) is 6.07. The van der Waals surface area contributed by atoms with Crippen molar-refractivity contribution in [2.75, 3.05) is 12.4 Å². The van der Waals surface area contributed by atoms with E-state index in [0.717, 1.165) is 29.5 Å². The Morgan fingerprint density at radius 3 is 2.71 bits per heavy atom. The lowest BCUT2D eigenvalue weighted by Gasteiger charge is -2.16. The largest absolute Gasteiger partial charge is 0.497 e. The van der Waals surface area contributed by atoms with Crippen LogP contribution in [-0.4, -0.2) is 12.4 Å². The number of rotatable bonds is 6. The lowest BCUT2D eigenvalue weighted by Crippen LogP contribution is -2.10. The second-order valence-electron chi connectivity index (χ2n) is 5.02. The highest BCUT2D eigenvalue weighted by atomic mass is 79.9. The molecule has 0 fully saturated rings. The number of benzene rings is 2. The third-order valence-corrected chi connectivity index (χ3v) is 4.68. The van der Waals surface area contributed by atoms with Crippen LogP contribution in [0, 0.1) is 11.7 Å². The first-order valence-corrected chi connectivity index (χ1v) is 8.25. The Labute approximate surface area is 138 Å². The first-order valence-electron chi connectivity index (χ1n) is 6.75. The van der Waals surface area contributed by atoms with Crippen molar-refractivity contribution in [2.24, 2.45) is 5.92 Å². The highest BCUT2D eigenvalue weighted by Crippen LogP contribution is 2.24. The van der Waals surface area contributed by atoms with Crippen LogP contribution in [0.25, 0.3) is 0 Å². The zero-order valence-electron chi connectivity index (χ0n) is 11.8. The van der Waals surface area contributed by atoms with Crippen LogP contribution in [0.4, 0.5) is 4.39 Å². The molecule has 0 bridgehead atoms. The molecule has 0 spiro atoms. The Balaban J connectivity index is 2.10. The van der Waals surface area contributed by atoms with Crippen LogP contribution in [0.2, 0.25) is 5.02 Å². The standard InChI is InChI=1S/C17H17BrClFO/c1-21-16-4-2-3-12(9-16)7-13(11-18)8-14-10-15(20)5-6-17(14)19/h2-6,9-10,13H,7-8,11H2,1H3. The summed E-state index contributed by atoms with van der Waals surface area (Å²) in [5.74, 6) is 0.949. The summed E-state index contributed by atoms with van der Waals surface area (Å²) in [5, 5.41) is 1.45. The van der Waals surface area contributed by atoms with E-state index in [1.807, 2.05) is 18.2 Å². The van der Waals surface area contributed by atoms with Crippen molar-refractivity contribution in [2.45, 2.75) is 12.8 Å². The summed E-state index contributed by atoms with van der Waals surface area (Å²) in [6.45, 7) is 0. The molecule has 21 heavy (non-hydrogen) atoms. The second kappa shape index (κ2) is 7.81. The zero-order valence-corrected chi connectivity index (χ0v) is 14.1. The lowest BCUT2D eigenvalue weighted by atomic mass is 9.94. The molecule has 0 saturated heterocycles. The molecular weight excluding hydrogens is 355 g/mol. The Morgan fingerprint density at radius 2 is 2.00 bits per heavy atom. The normalized spacial score (nSPS) is 12.2. The minimum Gasteiger partial charge on any atom is -0.497 e. The first-order chi connectivity index (χ1) is 10.1. The van der Waals surface area contributed by atoms with Gasteiger partial charge in [0.1, 0.15) is 11.6 Å². The summed E-state index contributed by atoms with van der Waals surface area (Å²) >= 11 is 9.69. The molecule has 1 unspecified atom stereocenters. The molecule has 0 heterocycles. The monoisotopic (exact) mass is 370 g/mol. The summed E-state index contributed by atoms with van der Waals surface area (Å²) in [6.07, 6.45) is 1.62. The minimum atomic E-state index is -0.246. The van der Waals surface area contributed by atoms with Crippen molar-refractivity contribution in [3.05, 3.63) is 64.4 Å². The summed E-state index contributed by atoms with van der Waals surface area (Å²) in [6, 6.07) is 12.5. The van der Waals surface area contributed by atoms with Gasteiger partial charge in [-0.2, -0.15) is 0 Å². The molecule has 4 heteroatoms. The fourth-order valence-electron chi connectivity index (χ4n) is 2.32. The van der Waals surface area contributed by atoms with Gasteiger partial charge in [-0.15, -0.1) is 0 Å². The summed E-state index contributed by atoms with van der Waals surface area (Å²) < 4.78 is 18.6. The average Bonchev–Trinajstić information content (AvgIpc) is 2.50. The zero-order chi connectivity index (χ0) is 15.2. The van der Waals surface area contributed by atoms with Crippen molar-refractivity contribution >= 4 is 27.5 Å². The Bertz CT molecular complexity index is 603. The predicted molar refractivity (Wildman–Crippen MR) is 89.1 cm³/mol. The van der Waals surface area contributed by atoms with Gasteiger partial charge in [-0.1, -0.05) is 39.7 Å². The third kappa shape index (κ3) is 4.72. The average molecular weight is 372 g/mol. The van der Waals surface area contributed by atoms with Crippen LogP contribution in [-0.2, 0) is 12.8 Å². The molecule has 2 aromatic rings. The van der Waals surface area contributed by atoms with E-state index in [1.54, 1.807) is 13.2 Å². The van der Waals surface area contributed by atoms with Crippen molar-refractivity contribution in [3.8, 4) is 5.75 Å². The fraction of sp³-hybridized carbons (Fsp3) is 0.294. The molecule has 0 amide bonds. The number of hydrogen-bond acceptors (Lipinski definition) is 1. The Kier molecular flexibility index (Phi) is 6.07. The number of alkyl halides is 1. The molecule has 1 nitrogen and oxygen atoms in total. The maximum atomic E-state index is 13.3. The van der Waals surface area contributed by atoms with E-state index in [4.69, 9.17) is 16.3 Å². The van der Waals surface area contributed by atoms with Gasteiger partial charge in [0.2, 0.25) is 0 Å². The van der Waals surface area contributed by atoms with E-state index in [9.17, 15) is 4.39 Å². The van der Waals surface area contributed by atoms with Crippen molar-refractivity contribution in [1.82, 2.24) is 0 Å². The van der Waals surface area contributed by atoms with Gasteiger partial charge in [0.15, 0.2) is 0 Å². The van der Waals surface area contributed by atoms with Gasteiger partial charge >= 0.3 is 0 Å². The van der Waals surface area contributed by atoms with Crippen LogP contribution >= 0.6 is 27.5 Å².